The fourth-order valence-corrected chi connectivity index (χ4v) is 0.904. The van der Waals surface area contributed by atoms with E-state index in [0.717, 1.165) is 18.1 Å². The largest absolute Gasteiger partial charge is 0.459 e. The highest BCUT2D eigenvalue weighted by Crippen LogP contribution is 1.87. The Labute approximate surface area is 54.6 Å². The van der Waals surface area contributed by atoms with Crippen molar-refractivity contribution in [1.29, 1.82) is 0 Å². The van der Waals surface area contributed by atoms with Gasteiger partial charge in [0.25, 0.3) is 0 Å². The van der Waals surface area contributed by atoms with Crippen LogP contribution >= 0.6 is 0 Å². The molecule has 0 amide bonds. The fraction of sp³-hybridized carbons (Fsp3) is 0.833. The number of halogens is 1. The number of rotatable bonds is 1. The first-order valence-corrected chi connectivity index (χ1v) is 3.16. The van der Waals surface area contributed by atoms with E-state index in [1.54, 1.807) is 0 Å². The molecule has 1 fully saturated rings. The smallest absolute Gasteiger partial charge is 0.141 e. The number of quaternary nitrogens is 1. The summed E-state index contributed by atoms with van der Waals surface area (Å²) >= 11 is 0. The molecule has 54 valence electrons. The van der Waals surface area contributed by atoms with Crippen molar-refractivity contribution < 1.29 is 14.0 Å². The predicted molar refractivity (Wildman–Crippen MR) is 31.8 cm³/mol. The Hall–Kier alpha value is -0.150. The number of hydrogen-bond acceptors (Lipinski definition) is 1. The second-order valence-electron chi connectivity index (χ2n) is 2.33. The van der Waals surface area contributed by atoms with Gasteiger partial charge < -0.3 is 9.64 Å². The number of alkyl halides is 1. The summed E-state index contributed by atoms with van der Waals surface area (Å²) in [6.07, 6.45) is 0. The van der Waals surface area contributed by atoms with E-state index in [1.807, 2.05) is 0 Å². The van der Waals surface area contributed by atoms with E-state index >= 15 is 0 Å². The molecule has 0 spiro atoms. The monoisotopic (exact) mass is 133 g/mol. The van der Waals surface area contributed by atoms with Gasteiger partial charge in [0, 0.05) is 0 Å². The van der Waals surface area contributed by atoms with Crippen LogP contribution < -0.4 is 4.90 Å². The van der Waals surface area contributed by atoms with Crippen molar-refractivity contribution in [2.45, 2.75) is 6.04 Å². The number of hydrogen-bond donors (Lipinski definition) is 1. The Morgan fingerprint density at radius 2 is 2.56 bits per heavy atom. The first kappa shape index (κ1) is 6.96. The Morgan fingerprint density at radius 1 is 1.78 bits per heavy atom. The normalized spacial score (nSPS) is 36.7. The predicted octanol–water partition coefficient (Wildman–Crippen LogP) is -0.969. The van der Waals surface area contributed by atoms with Crippen molar-refractivity contribution in [3.8, 4) is 0 Å². The Balaban J connectivity index is 2.30. The molecule has 9 heavy (non-hydrogen) atoms. The summed E-state index contributed by atoms with van der Waals surface area (Å²) < 4.78 is 17.0. The van der Waals surface area contributed by atoms with E-state index in [9.17, 15) is 4.39 Å². The molecule has 0 aromatic carbocycles. The molecule has 1 aliphatic heterocycles. The summed E-state index contributed by atoms with van der Waals surface area (Å²) in [5.41, 5.74) is 0. The van der Waals surface area contributed by atoms with Crippen LogP contribution in [0.5, 0.6) is 0 Å². The van der Waals surface area contributed by atoms with Crippen LogP contribution in [0.4, 0.5) is 4.39 Å². The van der Waals surface area contributed by atoms with Crippen molar-refractivity contribution in [2.75, 3.05) is 26.4 Å². The van der Waals surface area contributed by atoms with Crippen molar-refractivity contribution in [1.82, 2.24) is 0 Å². The van der Waals surface area contributed by atoms with Gasteiger partial charge in [0.15, 0.2) is 0 Å². The lowest BCUT2D eigenvalue weighted by atomic mass is 10.3. The van der Waals surface area contributed by atoms with E-state index in [4.69, 9.17) is 4.74 Å². The summed E-state index contributed by atoms with van der Waals surface area (Å²) in [4.78, 5) is 1.00. The van der Waals surface area contributed by atoms with E-state index in [1.165, 1.54) is 0 Å². The van der Waals surface area contributed by atoms with Crippen LogP contribution in [0.3, 0.4) is 0 Å². The first-order valence-electron chi connectivity index (χ1n) is 3.16. The van der Waals surface area contributed by atoms with Gasteiger partial charge in [-0.25, -0.2) is 4.39 Å². The zero-order valence-corrected chi connectivity index (χ0v) is 5.40. The van der Waals surface area contributed by atoms with Crippen LogP contribution in [0.1, 0.15) is 0 Å². The summed E-state index contributed by atoms with van der Waals surface area (Å²) in [6, 6.07) is -0.0289. The average molecular weight is 133 g/mol. The summed E-state index contributed by atoms with van der Waals surface area (Å²) in [6.45, 7) is 1.75. The van der Waals surface area contributed by atoms with Gasteiger partial charge in [0.2, 0.25) is 0 Å². The highest BCUT2D eigenvalue weighted by atomic mass is 19.1. The summed E-state index contributed by atoms with van der Waals surface area (Å²) in [7, 11) is 3.75. The Morgan fingerprint density at radius 3 is 3.00 bits per heavy atom. The van der Waals surface area contributed by atoms with Crippen LogP contribution in [-0.2, 0) is 4.74 Å². The third kappa shape index (κ3) is 1.63. The molecular formula is C6H12FNO. The zero-order valence-electron chi connectivity index (χ0n) is 5.40. The average Bonchev–Trinajstić information content (AvgIpc) is 1.89. The molecule has 0 aromatic rings. The van der Waals surface area contributed by atoms with E-state index in [-0.39, 0.29) is 12.7 Å². The third-order valence-corrected chi connectivity index (χ3v) is 1.65. The quantitative estimate of drug-likeness (QED) is 0.454. The van der Waals surface area contributed by atoms with Crippen molar-refractivity contribution in [2.24, 2.45) is 0 Å². The lowest BCUT2D eigenvalue weighted by molar-refractivity contribution is -0.890. The Bertz CT molecular complexity index is 89.1. The number of nitrogens with one attached hydrogen (secondary N) is 1. The third-order valence-electron chi connectivity index (χ3n) is 1.65. The number of morpholine rings is 1. The fourth-order valence-electron chi connectivity index (χ4n) is 0.904. The van der Waals surface area contributed by atoms with Gasteiger partial charge in [-0.15, -0.1) is 0 Å². The molecule has 2 nitrogen and oxygen atoms in total. The van der Waals surface area contributed by atoms with Crippen LogP contribution in [0.15, 0.2) is 0 Å². The van der Waals surface area contributed by atoms with Crippen LogP contribution in [0.25, 0.3) is 0 Å². The summed E-state index contributed by atoms with van der Waals surface area (Å²) in [5, 5.41) is 0. The number of ether oxygens (including phenoxy) is 1. The summed E-state index contributed by atoms with van der Waals surface area (Å²) in [5.74, 6) is 0. The minimum Gasteiger partial charge on any atom is -0.459 e. The minimum absolute atomic E-state index is 0.0289. The molecule has 0 aromatic heterocycles. The maximum atomic E-state index is 12.0. The zero-order chi connectivity index (χ0) is 6.69. The van der Waals surface area contributed by atoms with E-state index in [2.05, 4.69) is 7.05 Å². The Kier molecular flexibility index (Phi) is 2.42. The topological polar surface area (TPSA) is 13.7 Å². The van der Waals surface area contributed by atoms with Gasteiger partial charge in [0.05, 0.1) is 19.8 Å². The highest BCUT2D eigenvalue weighted by Gasteiger charge is 2.18. The van der Waals surface area contributed by atoms with Gasteiger partial charge in [0.1, 0.15) is 12.7 Å². The van der Waals surface area contributed by atoms with Crippen LogP contribution in [0.2, 0.25) is 0 Å². The van der Waals surface area contributed by atoms with Gasteiger partial charge in [-0.05, 0) is 0 Å². The van der Waals surface area contributed by atoms with E-state index < -0.39 is 0 Å². The molecule has 1 N–H and O–H groups in total. The van der Waals surface area contributed by atoms with Crippen LogP contribution in [0, 0.1) is 7.05 Å². The second kappa shape index (κ2) is 3.13. The maximum absolute atomic E-state index is 12.0. The molecule has 2 unspecified atom stereocenters. The molecular weight excluding hydrogens is 121 g/mol. The molecule has 0 aliphatic carbocycles. The minimum atomic E-state index is -0.321. The van der Waals surface area contributed by atoms with Crippen molar-refractivity contribution >= 4 is 0 Å². The molecule has 0 bridgehead atoms. The first-order chi connectivity index (χ1) is 4.34. The van der Waals surface area contributed by atoms with Crippen molar-refractivity contribution in [3.63, 3.8) is 0 Å². The lowest BCUT2D eigenvalue weighted by Crippen LogP contribution is -3.13. The van der Waals surface area contributed by atoms with Gasteiger partial charge in [-0.1, -0.05) is 0 Å². The van der Waals surface area contributed by atoms with Gasteiger partial charge in [-0.3, -0.25) is 0 Å². The van der Waals surface area contributed by atoms with Crippen LogP contribution in [-0.4, -0.2) is 32.5 Å². The highest BCUT2D eigenvalue weighted by molar-refractivity contribution is 4.55. The van der Waals surface area contributed by atoms with E-state index in [0.29, 0.717) is 6.61 Å². The standard InChI is InChI=1S/C6H12FNO/c1-8-2-3-9-5-6(8)4-7/h6,8H,1-5H2. The molecule has 3 heteroatoms. The molecule has 0 radical (unpaired) electrons. The molecule has 0 saturated carbocycles. The van der Waals surface area contributed by atoms with Gasteiger partial charge in [-0.2, -0.15) is 7.05 Å². The SMILES string of the molecule is [CH2-][NH+]1CCOCC1CF. The molecule has 1 heterocycles. The maximum Gasteiger partial charge on any atom is 0.141 e. The molecule has 1 rings (SSSR count). The molecule has 2 atom stereocenters. The van der Waals surface area contributed by atoms with Gasteiger partial charge >= 0.3 is 0 Å². The second-order valence-corrected chi connectivity index (χ2v) is 2.33. The molecule has 1 saturated heterocycles. The lowest BCUT2D eigenvalue weighted by Gasteiger charge is -2.32. The van der Waals surface area contributed by atoms with Crippen molar-refractivity contribution in [3.05, 3.63) is 7.05 Å². The molecule has 1 aliphatic rings.